The van der Waals surface area contributed by atoms with Gasteiger partial charge in [-0.25, -0.2) is 0 Å². The molecule has 1 N–H and O–H groups in total. The van der Waals surface area contributed by atoms with Crippen LogP contribution in [-0.2, 0) is 23.7 Å². The average Bonchev–Trinajstić information content (AvgIpc) is 2.34. The zero-order chi connectivity index (χ0) is 13.8. The first kappa shape index (κ1) is 17.3. The van der Waals surface area contributed by atoms with Gasteiger partial charge in [-0.1, -0.05) is 13.8 Å². The Balaban J connectivity index is 3.66. The van der Waals surface area contributed by atoms with Crippen molar-refractivity contribution >= 4 is 5.97 Å². The minimum absolute atomic E-state index is 0.190. The van der Waals surface area contributed by atoms with Crippen LogP contribution in [0, 0.1) is 0 Å². The summed E-state index contributed by atoms with van der Waals surface area (Å²) in [5.41, 5.74) is 0. The van der Waals surface area contributed by atoms with Gasteiger partial charge in [0.2, 0.25) is 0 Å². The number of methoxy groups -OCH3 is 2. The molecule has 1 unspecified atom stereocenters. The van der Waals surface area contributed by atoms with E-state index in [-0.39, 0.29) is 18.6 Å². The summed E-state index contributed by atoms with van der Waals surface area (Å²) in [5.74, 6) is -0.316. The average molecular weight is 263 g/mol. The minimum Gasteiger partial charge on any atom is -0.468 e. The number of rotatable bonds is 11. The Morgan fingerprint density at radius 1 is 1.06 bits per heavy atom. The molecule has 0 aliphatic rings. The zero-order valence-corrected chi connectivity index (χ0v) is 11.7. The summed E-state index contributed by atoms with van der Waals surface area (Å²) in [6.07, 6.45) is 0. The van der Waals surface area contributed by atoms with Crippen LogP contribution < -0.4 is 5.32 Å². The summed E-state index contributed by atoms with van der Waals surface area (Å²) >= 11 is 0. The first-order valence-electron chi connectivity index (χ1n) is 6.10. The first-order chi connectivity index (χ1) is 8.61. The predicted octanol–water partition coefficient (Wildman–Crippen LogP) is 0.206. The molecule has 0 spiro atoms. The van der Waals surface area contributed by atoms with Crippen molar-refractivity contribution in [1.82, 2.24) is 5.32 Å². The highest BCUT2D eigenvalue weighted by molar-refractivity contribution is 5.75. The third-order valence-corrected chi connectivity index (χ3v) is 2.11. The predicted molar refractivity (Wildman–Crippen MR) is 67.6 cm³/mol. The number of carbonyl (C=O) groups excluding carboxylic acids is 1. The smallest absolute Gasteiger partial charge is 0.325 e. The molecule has 0 aromatic heterocycles. The van der Waals surface area contributed by atoms with Gasteiger partial charge in [0.25, 0.3) is 0 Å². The molecule has 0 aromatic carbocycles. The van der Waals surface area contributed by atoms with Crippen molar-refractivity contribution in [2.75, 3.05) is 47.3 Å². The molecule has 6 nitrogen and oxygen atoms in total. The number of hydrogen-bond donors (Lipinski definition) is 1. The number of ether oxygens (including phenoxy) is 4. The van der Waals surface area contributed by atoms with E-state index in [0.717, 1.165) is 0 Å². The maximum atomic E-state index is 11.4. The van der Waals surface area contributed by atoms with Crippen LogP contribution in [0.1, 0.15) is 13.8 Å². The van der Waals surface area contributed by atoms with Crippen LogP contribution in [-0.4, -0.2) is 65.3 Å². The number of hydrogen-bond acceptors (Lipinski definition) is 6. The fourth-order valence-corrected chi connectivity index (χ4v) is 1.29. The van der Waals surface area contributed by atoms with E-state index >= 15 is 0 Å². The summed E-state index contributed by atoms with van der Waals surface area (Å²) in [5, 5.41) is 3.08. The monoisotopic (exact) mass is 263 g/mol. The molecule has 0 radical (unpaired) electrons. The standard InChI is InChI=1S/C12H25NO5/c1-10(2)13-11(12(14)16-4)9-18-8-7-17-6-5-15-3/h10-11,13H,5-9H2,1-4H3. The molecule has 0 saturated heterocycles. The number of nitrogens with one attached hydrogen (secondary N) is 1. The van der Waals surface area contributed by atoms with Crippen molar-refractivity contribution in [3.63, 3.8) is 0 Å². The molecular weight excluding hydrogens is 238 g/mol. The second-order valence-corrected chi connectivity index (χ2v) is 4.08. The second-order valence-electron chi connectivity index (χ2n) is 4.08. The van der Waals surface area contributed by atoms with Gasteiger partial charge in [0, 0.05) is 13.2 Å². The van der Waals surface area contributed by atoms with Crippen LogP contribution in [0.15, 0.2) is 0 Å². The molecule has 0 bridgehead atoms. The van der Waals surface area contributed by atoms with Gasteiger partial charge in [0.1, 0.15) is 6.04 Å². The van der Waals surface area contributed by atoms with Crippen molar-refractivity contribution in [2.24, 2.45) is 0 Å². The topological polar surface area (TPSA) is 66.0 Å². The molecule has 0 fully saturated rings. The third kappa shape index (κ3) is 9.35. The van der Waals surface area contributed by atoms with Gasteiger partial charge >= 0.3 is 5.97 Å². The van der Waals surface area contributed by atoms with Crippen molar-refractivity contribution in [3.8, 4) is 0 Å². The Morgan fingerprint density at radius 3 is 2.22 bits per heavy atom. The third-order valence-electron chi connectivity index (χ3n) is 2.11. The molecule has 6 heteroatoms. The first-order valence-corrected chi connectivity index (χ1v) is 6.10. The normalized spacial score (nSPS) is 12.7. The van der Waals surface area contributed by atoms with E-state index in [0.29, 0.717) is 26.4 Å². The highest BCUT2D eigenvalue weighted by atomic mass is 16.5. The number of carbonyl (C=O) groups is 1. The molecule has 108 valence electrons. The van der Waals surface area contributed by atoms with Crippen molar-refractivity contribution in [2.45, 2.75) is 25.9 Å². The molecule has 0 amide bonds. The SMILES string of the molecule is COCCOCCOCC(NC(C)C)C(=O)OC. The number of esters is 1. The van der Waals surface area contributed by atoms with Crippen molar-refractivity contribution in [3.05, 3.63) is 0 Å². The molecule has 0 aliphatic heterocycles. The van der Waals surface area contributed by atoms with Crippen LogP contribution in [0.25, 0.3) is 0 Å². The Labute approximate surface area is 109 Å². The van der Waals surface area contributed by atoms with E-state index in [1.807, 2.05) is 13.8 Å². The molecule has 0 aliphatic carbocycles. The van der Waals surface area contributed by atoms with Crippen LogP contribution in [0.2, 0.25) is 0 Å². The van der Waals surface area contributed by atoms with Crippen molar-refractivity contribution in [1.29, 1.82) is 0 Å². The molecule has 0 heterocycles. The molecule has 18 heavy (non-hydrogen) atoms. The summed E-state index contributed by atoms with van der Waals surface area (Å²) in [6, 6.07) is -0.246. The Bertz CT molecular complexity index is 211. The highest BCUT2D eigenvalue weighted by Gasteiger charge is 2.19. The van der Waals surface area contributed by atoms with E-state index in [2.05, 4.69) is 5.32 Å². The van der Waals surface area contributed by atoms with Crippen molar-refractivity contribution < 1.29 is 23.7 Å². The quantitative estimate of drug-likeness (QED) is 0.424. The molecule has 1 atom stereocenters. The molecule has 0 aromatic rings. The van der Waals surface area contributed by atoms with E-state index in [4.69, 9.17) is 18.9 Å². The summed E-state index contributed by atoms with van der Waals surface area (Å²) in [4.78, 5) is 11.4. The van der Waals surface area contributed by atoms with E-state index in [1.165, 1.54) is 7.11 Å². The lowest BCUT2D eigenvalue weighted by Crippen LogP contribution is -2.45. The van der Waals surface area contributed by atoms with Gasteiger partial charge in [0.15, 0.2) is 0 Å². The maximum Gasteiger partial charge on any atom is 0.325 e. The Kier molecular flexibility index (Phi) is 11.0. The van der Waals surface area contributed by atoms with Gasteiger partial charge in [-0.2, -0.15) is 0 Å². The van der Waals surface area contributed by atoms with Gasteiger partial charge < -0.3 is 24.3 Å². The van der Waals surface area contributed by atoms with E-state index < -0.39 is 6.04 Å². The van der Waals surface area contributed by atoms with Crippen LogP contribution in [0.4, 0.5) is 0 Å². The fourth-order valence-electron chi connectivity index (χ4n) is 1.29. The van der Waals surface area contributed by atoms with E-state index in [9.17, 15) is 4.79 Å². The molecule has 0 rings (SSSR count). The Hall–Kier alpha value is -0.690. The summed E-state index contributed by atoms with van der Waals surface area (Å²) in [7, 11) is 2.99. The van der Waals surface area contributed by atoms with Gasteiger partial charge in [-0.3, -0.25) is 4.79 Å². The van der Waals surface area contributed by atoms with Crippen LogP contribution in [0.3, 0.4) is 0 Å². The van der Waals surface area contributed by atoms with E-state index in [1.54, 1.807) is 7.11 Å². The lowest BCUT2D eigenvalue weighted by Gasteiger charge is -2.18. The second kappa shape index (κ2) is 11.4. The maximum absolute atomic E-state index is 11.4. The fraction of sp³-hybridized carbons (Fsp3) is 0.917. The minimum atomic E-state index is -0.436. The Morgan fingerprint density at radius 2 is 1.67 bits per heavy atom. The van der Waals surface area contributed by atoms with Gasteiger partial charge in [-0.15, -0.1) is 0 Å². The largest absolute Gasteiger partial charge is 0.468 e. The zero-order valence-electron chi connectivity index (χ0n) is 11.7. The van der Waals surface area contributed by atoms with Gasteiger partial charge in [0.05, 0.1) is 40.1 Å². The summed E-state index contributed by atoms with van der Waals surface area (Å²) in [6.45, 7) is 6.24. The lowest BCUT2D eigenvalue weighted by molar-refractivity contribution is -0.145. The summed E-state index contributed by atoms with van der Waals surface area (Å²) < 4.78 is 20.1. The highest BCUT2D eigenvalue weighted by Crippen LogP contribution is 1.93. The van der Waals surface area contributed by atoms with Crippen LogP contribution in [0.5, 0.6) is 0 Å². The lowest BCUT2D eigenvalue weighted by atomic mass is 10.2. The molecular formula is C12H25NO5. The van der Waals surface area contributed by atoms with Gasteiger partial charge in [-0.05, 0) is 0 Å². The van der Waals surface area contributed by atoms with Crippen LogP contribution >= 0.6 is 0 Å². The molecule has 0 saturated carbocycles.